The normalized spacial score (nSPS) is 14.8. The number of nitrogens with one attached hydrogen (secondary N) is 1. The number of thiophene rings is 1. The number of hydrogen-bond donors (Lipinski definition) is 1. The Hall–Kier alpha value is -2.19. The van der Waals surface area contributed by atoms with E-state index in [1.54, 1.807) is 6.07 Å². The summed E-state index contributed by atoms with van der Waals surface area (Å²) in [6.45, 7) is 3.44. The number of carbonyl (C=O) groups excluding carboxylic acids is 1. The fourth-order valence-electron chi connectivity index (χ4n) is 3.81. The summed E-state index contributed by atoms with van der Waals surface area (Å²) in [7, 11) is 2.12. The molecule has 1 saturated heterocycles. The van der Waals surface area contributed by atoms with Gasteiger partial charge in [0.25, 0.3) is 5.91 Å². The van der Waals surface area contributed by atoms with E-state index in [2.05, 4.69) is 17.3 Å². The molecule has 5 nitrogen and oxygen atoms in total. The van der Waals surface area contributed by atoms with Crippen LogP contribution in [0.3, 0.4) is 0 Å². The second-order valence-corrected chi connectivity index (χ2v) is 9.32. The van der Waals surface area contributed by atoms with Crippen LogP contribution in [0.4, 0.5) is 4.39 Å². The Morgan fingerprint density at radius 1 is 1.28 bits per heavy atom. The first-order valence-corrected chi connectivity index (χ1v) is 11.9. The van der Waals surface area contributed by atoms with Crippen LogP contribution < -0.4 is 10.1 Å². The van der Waals surface area contributed by atoms with Crippen LogP contribution in [0, 0.1) is 5.82 Å². The van der Waals surface area contributed by atoms with Gasteiger partial charge in [-0.2, -0.15) is 0 Å². The van der Waals surface area contributed by atoms with Crippen LogP contribution in [-0.4, -0.2) is 50.3 Å². The van der Waals surface area contributed by atoms with E-state index in [0.717, 1.165) is 43.9 Å². The maximum Gasteiger partial charge on any atom is 0.263 e. The lowest BCUT2D eigenvalue weighted by molar-refractivity contribution is 0.0392. The molecule has 1 aromatic heterocycles. The van der Waals surface area contributed by atoms with Crippen molar-refractivity contribution in [3.8, 4) is 5.75 Å². The maximum absolute atomic E-state index is 13.5. The van der Waals surface area contributed by atoms with Gasteiger partial charge < -0.3 is 14.8 Å². The fraction of sp³-hybridized carbons (Fsp3) is 0.375. The highest BCUT2D eigenvalue weighted by Gasteiger charge is 2.19. The van der Waals surface area contributed by atoms with Gasteiger partial charge in [-0.25, -0.2) is 4.39 Å². The van der Waals surface area contributed by atoms with Crippen molar-refractivity contribution in [2.24, 2.45) is 0 Å². The monoisotopic (exact) mass is 476 g/mol. The second kappa shape index (κ2) is 10.6. The minimum atomic E-state index is -0.349. The molecule has 8 heteroatoms. The Morgan fingerprint density at radius 2 is 2.09 bits per heavy atom. The molecule has 32 heavy (non-hydrogen) atoms. The summed E-state index contributed by atoms with van der Waals surface area (Å²) in [6.07, 6.45) is 2.12. The van der Waals surface area contributed by atoms with Crippen molar-refractivity contribution in [1.82, 2.24) is 10.2 Å². The lowest BCUT2D eigenvalue weighted by Crippen LogP contribution is -2.38. The fourth-order valence-corrected chi connectivity index (χ4v) is 5.27. The predicted octanol–water partition coefficient (Wildman–Crippen LogP) is 5.11. The lowest BCUT2D eigenvalue weighted by atomic mass is 10.1. The van der Waals surface area contributed by atoms with Gasteiger partial charge in [0, 0.05) is 42.4 Å². The molecular formula is C24H26ClFN2O3S. The minimum Gasteiger partial charge on any atom is -0.492 e. The quantitative estimate of drug-likeness (QED) is 0.490. The molecule has 1 aliphatic heterocycles. The van der Waals surface area contributed by atoms with Gasteiger partial charge in [-0.1, -0.05) is 23.7 Å². The number of amides is 1. The zero-order valence-corrected chi connectivity index (χ0v) is 19.5. The third-order valence-electron chi connectivity index (χ3n) is 5.68. The lowest BCUT2D eigenvalue weighted by Gasteiger charge is -2.31. The molecule has 0 saturated carbocycles. The summed E-state index contributed by atoms with van der Waals surface area (Å²) in [5, 5.41) is 3.93. The third kappa shape index (κ3) is 5.59. The van der Waals surface area contributed by atoms with Gasteiger partial charge in [0.05, 0.1) is 5.02 Å². The number of fused-ring (bicyclic) bond motifs is 1. The SMILES string of the molecule is CN(CCOc1cccc(CNC(=O)c2sc3cc(F)ccc3c2Cl)c1)C1CCOCC1. The van der Waals surface area contributed by atoms with Gasteiger partial charge in [0.15, 0.2) is 0 Å². The first kappa shape index (κ1) is 23.0. The van der Waals surface area contributed by atoms with Crippen molar-refractivity contribution >= 4 is 38.9 Å². The number of carbonyl (C=O) groups is 1. The Labute approximate surface area is 196 Å². The number of halogens is 2. The Morgan fingerprint density at radius 3 is 2.91 bits per heavy atom. The Balaban J connectivity index is 1.30. The Kier molecular flexibility index (Phi) is 7.63. The zero-order chi connectivity index (χ0) is 22.5. The van der Waals surface area contributed by atoms with Gasteiger partial charge in [0.2, 0.25) is 0 Å². The number of nitrogens with zero attached hydrogens (tertiary/aromatic N) is 1. The molecule has 1 fully saturated rings. The standard InChI is InChI=1S/C24H26ClFN2O3S/c1-28(18-7-10-30-11-8-18)9-12-31-19-4-2-3-16(13-19)15-27-24(29)23-22(25)20-6-5-17(26)14-21(20)32-23/h2-6,13-14,18H,7-12,15H2,1H3,(H,27,29). The van der Waals surface area contributed by atoms with Crippen molar-refractivity contribution in [2.45, 2.75) is 25.4 Å². The van der Waals surface area contributed by atoms with E-state index in [-0.39, 0.29) is 11.7 Å². The molecule has 0 aliphatic carbocycles. The predicted molar refractivity (Wildman–Crippen MR) is 126 cm³/mol. The van der Waals surface area contributed by atoms with E-state index in [0.29, 0.717) is 39.2 Å². The van der Waals surface area contributed by atoms with Crippen LogP contribution in [-0.2, 0) is 11.3 Å². The first-order chi connectivity index (χ1) is 15.5. The number of ether oxygens (including phenoxy) is 2. The van der Waals surface area contributed by atoms with Crippen molar-refractivity contribution in [1.29, 1.82) is 0 Å². The van der Waals surface area contributed by atoms with E-state index >= 15 is 0 Å². The molecule has 0 unspecified atom stereocenters. The summed E-state index contributed by atoms with van der Waals surface area (Å²) in [6, 6.07) is 12.6. The molecule has 1 aliphatic rings. The topological polar surface area (TPSA) is 50.8 Å². The molecule has 0 radical (unpaired) electrons. The van der Waals surface area contributed by atoms with Gasteiger partial charge in [-0.15, -0.1) is 11.3 Å². The maximum atomic E-state index is 13.5. The summed E-state index contributed by atoms with van der Waals surface area (Å²) >= 11 is 7.54. The van der Waals surface area contributed by atoms with Crippen LogP contribution in [0.1, 0.15) is 28.1 Å². The summed E-state index contributed by atoms with van der Waals surface area (Å²) in [5.41, 5.74) is 0.928. The minimum absolute atomic E-state index is 0.277. The molecule has 0 atom stereocenters. The molecule has 4 rings (SSSR count). The smallest absolute Gasteiger partial charge is 0.263 e. The highest BCUT2D eigenvalue weighted by molar-refractivity contribution is 7.21. The number of benzene rings is 2. The van der Waals surface area contributed by atoms with Crippen molar-refractivity contribution in [3.63, 3.8) is 0 Å². The number of hydrogen-bond acceptors (Lipinski definition) is 5. The van der Waals surface area contributed by atoms with E-state index in [4.69, 9.17) is 21.1 Å². The molecule has 2 aromatic carbocycles. The van der Waals surface area contributed by atoms with Crippen LogP contribution in [0.25, 0.3) is 10.1 Å². The summed E-state index contributed by atoms with van der Waals surface area (Å²) < 4.78 is 25.5. The second-order valence-electron chi connectivity index (χ2n) is 7.89. The molecule has 0 bridgehead atoms. The Bertz CT molecular complexity index is 1080. The van der Waals surface area contributed by atoms with Crippen LogP contribution >= 0.6 is 22.9 Å². The summed E-state index contributed by atoms with van der Waals surface area (Å²) in [5.74, 6) is 0.145. The largest absolute Gasteiger partial charge is 0.492 e. The van der Waals surface area contributed by atoms with E-state index in [1.165, 1.54) is 23.5 Å². The van der Waals surface area contributed by atoms with Gasteiger partial charge in [0.1, 0.15) is 23.1 Å². The van der Waals surface area contributed by atoms with Crippen LogP contribution in [0.5, 0.6) is 5.75 Å². The molecule has 0 spiro atoms. The highest BCUT2D eigenvalue weighted by Crippen LogP contribution is 2.35. The van der Waals surface area contributed by atoms with Crippen molar-refractivity contribution in [2.75, 3.05) is 33.4 Å². The molecule has 3 aromatic rings. The van der Waals surface area contributed by atoms with Gasteiger partial charge in [-0.3, -0.25) is 9.69 Å². The highest BCUT2D eigenvalue weighted by atomic mass is 35.5. The molecule has 2 heterocycles. The van der Waals surface area contributed by atoms with E-state index in [9.17, 15) is 9.18 Å². The van der Waals surface area contributed by atoms with Crippen LogP contribution in [0.2, 0.25) is 5.02 Å². The molecule has 1 N–H and O–H groups in total. The summed E-state index contributed by atoms with van der Waals surface area (Å²) in [4.78, 5) is 15.4. The molecule has 170 valence electrons. The van der Waals surface area contributed by atoms with E-state index in [1.807, 2.05) is 24.3 Å². The number of rotatable bonds is 8. The van der Waals surface area contributed by atoms with Crippen molar-refractivity contribution < 1.29 is 18.7 Å². The van der Waals surface area contributed by atoms with Crippen molar-refractivity contribution in [3.05, 3.63) is 63.7 Å². The number of likely N-dealkylation sites (N-methyl/N-ethyl adjacent to an activating group) is 1. The third-order valence-corrected chi connectivity index (χ3v) is 7.33. The molecular weight excluding hydrogens is 451 g/mol. The zero-order valence-electron chi connectivity index (χ0n) is 17.9. The first-order valence-electron chi connectivity index (χ1n) is 10.7. The van der Waals surface area contributed by atoms with E-state index < -0.39 is 0 Å². The molecule has 1 amide bonds. The average Bonchev–Trinajstić information content (AvgIpc) is 3.14. The van der Waals surface area contributed by atoms with Crippen LogP contribution in [0.15, 0.2) is 42.5 Å². The van der Waals surface area contributed by atoms with Gasteiger partial charge >= 0.3 is 0 Å². The van der Waals surface area contributed by atoms with Gasteiger partial charge in [-0.05, 0) is 55.8 Å². The average molecular weight is 477 g/mol.